The number of carbonyl (C=O) groups excluding carboxylic acids is 1. The Morgan fingerprint density at radius 1 is 1.12 bits per heavy atom. The Kier molecular flexibility index (Phi) is 7.60. The molecule has 0 aliphatic heterocycles. The van der Waals surface area contributed by atoms with Crippen molar-refractivity contribution in [2.24, 2.45) is 0 Å². The maximum absolute atomic E-state index is 12.0. The van der Waals surface area contributed by atoms with Crippen molar-refractivity contribution in [2.45, 2.75) is 26.9 Å². The highest BCUT2D eigenvalue weighted by Gasteiger charge is 2.13. The summed E-state index contributed by atoms with van der Waals surface area (Å²) in [4.78, 5) is 14.0. The normalized spacial score (nSPS) is 10.5. The Morgan fingerprint density at radius 2 is 1.85 bits per heavy atom. The predicted molar refractivity (Wildman–Crippen MR) is 104 cm³/mol. The Bertz CT molecular complexity index is 720. The second-order valence-electron chi connectivity index (χ2n) is 5.87. The molecule has 0 heterocycles. The molecular formula is C20H24ClNO4. The third kappa shape index (κ3) is 6.15. The van der Waals surface area contributed by atoms with Gasteiger partial charge in [0.05, 0.1) is 12.6 Å². The van der Waals surface area contributed by atoms with Crippen LogP contribution in [-0.2, 0) is 4.74 Å². The summed E-state index contributed by atoms with van der Waals surface area (Å²) >= 11 is 6.03. The van der Waals surface area contributed by atoms with E-state index in [1.54, 1.807) is 18.2 Å². The molecule has 5 nitrogen and oxygen atoms in total. The average Bonchev–Trinajstić information content (AvgIpc) is 2.60. The lowest BCUT2D eigenvalue weighted by atomic mass is 10.3. The van der Waals surface area contributed by atoms with Gasteiger partial charge in [-0.15, -0.1) is 0 Å². The van der Waals surface area contributed by atoms with E-state index in [1.165, 1.54) is 0 Å². The van der Waals surface area contributed by atoms with Crippen LogP contribution < -0.4 is 14.4 Å². The minimum Gasteiger partial charge on any atom is -0.487 e. The largest absolute Gasteiger partial charge is 0.514 e. The number of halogens is 1. The molecule has 140 valence electrons. The fraction of sp³-hybridized carbons (Fsp3) is 0.350. The van der Waals surface area contributed by atoms with Crippen molar-refractivity contribution < 1.29 is 19.0 Å². The zero-order valence-corrected chi connectivity index (χ0v) is 16.0. The van der Waals surface area contributed by atoms with Crippen LogP contribution in [0.4, 0.5) is 10.5 Å². The maximum Gasteiger partial charge on any atom is 0.514 e. The van der Waals surface area contributed by atoms with E-state index in [-0.39, 0.29) is 12.7 Å². The Labute approximate surface area is 159 Å². The first kappa shape index (κ1) is 19.9. The Hall–Kier alpha value is -2.40. The van der Waals surface area contributed by atoms with E-state index in [2.05, 4.69) is 4.90 Å². The van der Waals surface area contributed by atoms with E-state index in [0.29, 0.717) is 23.1 Å². The number of ether oxygens (including phenoxy) is 3. The first-order chi connectivity index (χ1) is 12.5. The van der Waals surface area contributed by atoms with Crippen LogP contribution in [0.5, 0.6) is 11.5 Å². The van der Waals surface area contributed by atoms with Gasteiger partial charge in [0.2, 0.25) is 0 Å². The highest BCUT2D eigenvalue weighted by molar-refractivity contribution is 6.30. The highest BCUT2D eigenvalue weighted by atomic mass is 35.5. The van der Waals surface area contributed by atoms with E-state index in [9.17, 15) is 4.79 Å². The number of rotatable bonds is 8. The zero-order chi connectivity index (χ0) is 18.9. The minimum absolute atomic E-state index is 0.0217. The summed E-state index contributed by atoms with van der Waals surface area (Å²) in [7, 11) is 0. The third-order valence-electron chi connectivity index (χ3n) is 3.54. The van der Waals surface area contributed by atoms with Crippen molar-refractivity contribution in [1.29, 1.82) is 0 Å². The van der Waals surface area contributed by atoms with Gasteiger partial charge in [0.15, 0.2) is 11.5 Å². The molecule has 2 aromatic carbocycles. The van der Waals surface area contributed by atoms with E-state index in [1.807, 2.05) is 51.1 Å². The molecule has 0 aromatic heterocycles. The summed E-state index contributed by atoms with van der Waals surface area (Å²) < 4.78 is 16.1. The van der Waals surface area contributed by atoms with Gasteiger partial charge in [-0.2, -0.15) is 0 Å². The van der Waals surface area contributed by atoms with Gasteiger partial charge in [-0.25, -0.2) is 4.79 Å². The van der Waals surface area contributed by atoms with Crippen molar-refractivity contribution in [3.63, 3.8) is 0 Å². The topological polar surface area (TPSA) is 48.0 Å². The number of nitrogens with zero attached hydrogens (tertiary/aromatic N) is 1. The molecule has 0 saturated carbocycles. The van der Waals surface area contributed by atoms with Gasteiger partial charge >= 0.3 is 6.16 Å². The smallest absolute Gasteiger partial charge is 0.487 e. The summed E-state index contributed by atoms with van der Waals surface area (Å²) in [6, 6.07) is 14.6. The summed E-state index contributed by atoms with van der Waals surface area (Å²) in [5.41, 5.74) is 0.979. The number of likely N-dealkylation sites (N-methyl/N-ethyl adjacent to an activating group) is 1. The number of carbonyl (C=O) groups is 1. The van der Waals surface area contributed by atoms with Gasteiger partial charge in [0.1, 0.15) is 6.61 Å². The second kappa shape index (κ2) is 9.92. The standard InChI is InChI=1S/C20H24ClNO4/c1-4-22(17-9-7-8-16(21)14-17)12-13-24-20(23)26-19-11-6-5-10-18(19)25-15(2)3/h5-11,14-15H,4,12-13H2,1-3H3. The monoisotopic (exact) mass is 377 g/mol. The lowest BCUT2D eigenvalue weighted by Crippen LogP contribution is -2.28. The zero-order valence-electron chi connectivity index (χ0n) is 15.3. The molecule has 0 N–H and O–H groups in total. The molecule has 0 spiro atoms. The van der Waals surface area contributed by atoms with Gasteiger partial charge in [-0.05, 0) is 51.1 Å². The van der Waals surface area contributed by atoms with Crippen molar-refractivity contribution in [3.8, 4) is 11.5 Å². The van der Waals surface area contributed by atoms with Crippen molar-refractivity contribution in [3.05, 3.63) is 53.6 Å². The van der Waals surface area contributed by atoms with Crippen LogP contribution in [-0.4, -0.2) is 32.0 Å². The molecule has 0 radical (unpaired) electrons. The summed E-state index contributed by atoms with van der Waals surface area (Å²) in [6.07, 6.45) is -0.779. The lowest BCUT2D eigenvalue weighted by molar-refractivity contribution is 0.0989. The molecule has 0 fully saturated rings. The SMILES string of the molecule is CCN(CCOC(=O)Oc1ccccc1OC(C)C)c1cccc(Cl)c1. The van der Waals surface area contributed by atoms with Crippen LogP contribution in [0.15, 0.2) is 48.5 Å². The molecule has 0 bridgehead atoms. The fourth-order valence-electron chi connectivity index (χ4n) is 2.39. The molecule has 6 heteroatoms. The molecule has 26 heavy (non-hydrogen) atoms. The van der Waals surface area contributed by atoms with Crippen LogP contribution >= 0.6 is 11.6 Å². The molecule has 0 aliphatic rings. The molecule has 0 saturated heterocycles. The number of benzene rings is 2. The van der Waals surface area contributed by atoms with Crippen LogP contribution in [0, 0.1) is 0 Å². The van der Waals surface area contributed by atoms with E-state index in [4.69, 9.17) is 25.8 Å². The van der Waals surface area contributed by atoms with Crippen LogP contribution in [0.1, 0.15) is 20.8 Å². The highest BCUT2D eigenvalue weighted by Crippen LogP contribution is 2.27. The van der Waals surface area contributed by atoms with Crippen LogP contribution in [0.3, 0.4) is 0 Å². The number of para-hydroxylation sites is 2. The van der Waals surface area contributed by atoms with Gasteiger partial charge < -0.3 is 19.1 Å². The van der Waals surface area contributed by atoms with Crippen LogP contribution in [0.2, 0.25) is 5.02 Å². The predicted octanol–water partition coefficient (Wildman–Crippen LogP) is 5.17. The first-order valence-corrected chi connectivity index (χ1v) is 8.98. The maximum atomic E-state index is 12.0. The Balaban J connectivity index is 1.87. The molecule has 2 rings (SSSR count). The number of hydrogen-bond donors (Lipinski definition) is 0. The van der Waals surface area contributed by atoms with Gasteiger partial charge in [-0.1, -0.05) is 29.8 Å². The van der Waals surface area contributed by atoms with E-state index in [0.717, 1.165) is 12.2 Å². The summed E-state index contributed by atoms with van der Waals surface area (Å²) in [5, 5.41) is 0.669. The van der Waals surface area contributed by atoms with Crippen molar-refractivity contribution in [2.75, 3.05) is 24.6 Å². The minimum atomic E-state index is -0.757. The second-order valence-corrected chi connectivity index (χ2v) is 6.31. The van der Waals surface area contributed by atoms with E-state index >= 15 is 0 Å². The van der Waals surface area contributed by atoms with Gasteiger partial charge in [-0.3, -0.25) is 0 Å². The van der Waals surface area contributed by atoms with E-state index < -0.39 is 6.16 Å². The number of anilines is 1. The first-order valence-electron chi connectivity index (χ1n) is 8.60. The quantitative estimate of drug-likeness (QED) is 0.469. The van der Waals surface area contributed by atoms with Gasteiger partial charge in [0.25, 0.3) is 0 Å². The van der Waals surface area contributed by atoms with Crippen molar-refractivity contribution >= 4 is 23.4 Å². The molecule has 2 aromatic rings. The third-order valence-corrected chi connectivity index (χ3v) is 3.78. The molecule has 0 aliphatic carbocycles. The molecule has 0 unspecified atom stereocenters. The molecule has 0 atom stereocenters. The molecular weight excluding hydrogens is 354 g/mol. The van der Waals surface area contributed by atoms with Crippen molar-refractivity contribution in [1.82, 2.24) is 0 Å². The van der Waals surface area contributed by atoms with Gasteiger partial charge in [0, 0.05) is 17.3 Å². The van der Waals surface area contributed by atoms with Crippen LogP contribution in [0.25, 0.3) is 0 Å². The Morgan fingerprint density at radius 3 is 2.50 bits per heavy atom. The fourth-order valence-corrected chi connectivity index (χ4v) is 2.57. The summed E-state index contributed by atoms with van der Waals surface area (Å²) in [5.74, 6) is 0.849. The number of hydrogen-bond acceptors (Lipinski definition) is 5. The molecule has 0 amide bonds. The summed E-state index contributed by atoms with van der Waals surface area (Å²) in [6.45, 7) is 7.35. The lowest BCUT2D eigenvalue weighted by Gasteiger charge is -2.23. The average molecular weight is 378 g/mol.